The molecule has 9 nitrogen and oxygen atoms in total. The van der Waals surface area contributed by atoms with Crippen molar-refractivity contribution in [3.05, 3.63) is 47.9 Å². The highest BCUT2D eigenvalue weighted by Gasteiger charge is 2.39. The third-order valence-electron chi connectivity index (χ3n) is 6.88. The molecule has 0 bridgehead atoms. The second-order valence-corrected chi connectivity index (χ2v) is 11.3. The van der Waals surface area contributed by atoms with Gasteiger partial charge in [0.25, 0.3) is 0 Å². The molecule has 4 aromatic rings. The van der Waals surface area contributed by atoms with Crippen molar-refractivity contribution in [3.8, 4) is 28.3 Å². The Kier molecular flexibility index (Phi) is 5.70. The minimum absolute atomic E-state index is 0.0240. The first-order valence-electron chi connectivity index (χ1n) is 12.3. The third kappa shape index (κ3) is 4.63. The molecule has 0 aliphatic carbocycles. The van der Waals surface area contributed by atoms with Gasteiger partial charge in [-0.05, 0) is 78.1 Å². The molecule has 1 fully saturated rings. The van der Waals surface area contributed by atoms with Crippen LogP contribution in [0.4, 0.5) is 5.95 Å². The zero-order valence-electron chi connectivity index (χ0n) is 22.0. The van der Waals surface area contributed by atoms with E-state index in [2.05, 4.69) is 63.2 Å². The normalized spacial score (nSPS) is 17.4. The molecule has 1 aliphatic rings. The number of phenolic OH excluding ortho intramolecular Hbond substituents is 1. The van der Waals surface area contributed by atoms with Crippen molar-refractivity contribution >= 4 is 11.6 Å². The Balaban J connectivity index is 1.38. The van der Waals surface area contributed by atoms with Crippen molar-refractivity contribution in [2.75, 3.05) is 11.9 Å². The van der Waals surface area contributed by atoms with E-state index in [0.717, 1.165) is 41.0 Å². The predicted octanol–water partition coefficient (Wildman–Crippen LogP) is 4.32. The Hall–Kier alpha value is -3.59. The average molecular weight is 487 g/mol. The number of hydrogen-bond donors (Lipinski definition) is 2. The van der Waals surface area contributed by atoms with Crippen LogP contribution >= 0.6 is 0 Å². The maximum Gasteiger partial charge on any atom is 0.245 e. The number of aromatic hydroxyl groups is 1. The molecule has 188 valence electrons. The molecule has 4 heterocycles. The van der Waals surface area contributed by atoms with Crippen molar-refractivity contribution in [2.45, 2.75) is 71.5 Å². The van der Waals surface area contributed by atoms with E-state index in [1.54, 1.807) is 16.8 Å². The van der Waals surface area contributed by atoms with Crippen LogP contribution in [0.1, 0.15) is 51.8 Å². The fourth-order valence-electron chi connectivity index (χ4n) is 5.55. The molecule has 9 heteroatoms. The monoisotopic (exact) mass is 486 g/mol. The summed E-state index contributed by atoms with van der Waals surface area (Å²) in [7, 11) is 2.03. The fourth-order valence-corrected chi connectivity index (χ4v) is 5.55. The lowest BCUT2D eigenvalue weighted by atomic mass is 9.79. The molecular formula is C27H34N8O. The van der Waals surface area contributed by atoms with E-state index in [1.165, 1.54) is 0 Å². The molecule has 2 N–H and O–H groups in total. The van der Waals surface area contributed by atoms with Crippen LogP contribution in [0.3, 0.4) is 0 Å². The molecule has 1 aliphatic heterocycles. The third-order valence-corrected chi connectivity index (χ3v) is 6.88. The van der Waals surface area contributed by atoms with Gasteiger partial charge in [-0.1, -0.05) is 6.07 Å². The smallest absolute Gasteiger partial charge is 0.245 e. The lowest BCUT2D eigenvalue weighted by molar-refractivity contribution is 0.160. The summed E-state index contributed by atoms with van der Waals surface area (Å²) in [5.74, 6) is 0.685. The second-order valence-electron chi connectivity index (χ2n) is 11.3. The molecule has 0 atom stereocenters. The highest BCUT2D eigenvalue weighted by atomic mass is 16.3. The molecule has 36 heavy (non-hydrogen) atoms. The minimum atomic E-state index is 0.0240. The standard InChI is InChI=1S/C27H34N8O/c1-16-10-21(32-35-15-17(2)29-24(16)35)18-8-9-20(23(36)11-18)22-14-28-25(31-30-22)34(7)19-12-26(3,4)33-27(5,6)13-19/h8-11,14-15,19,33,36H,12-13H2,1-7H3. The number of rotatable bonds is 4. The van der Waals surface area contributed by atoms with Crippen molar-refractivity contribution in [1.29, 1.82) is 0 Å². The molecule has 0 unspecified atom stereocenters. The van der Waals surface area contributed by atoms with Gasteiger partial charge in [0.15, 0.2) is 5.65 Å². The van der Waals surface area contributed by atoms with Gasteiger partial charge in [-0.2, -0.15) is 5.10 Å². The first-order valence-corrected chi connectivity index (χ1v) is 12.3. The molecule has 1 aromatic carbocycles. The summed E-state index contributed by atoms with van der Waals surface area (Å²) in [5.41, 5.74) is 5.47. The first kappa shape index (κ1) is 24.1. The lowest BCUT2D eigenvalue weighted by Gasteiger charge is -2.48. The number of aromatic nitrogens is 6. The van der Waals surface area contributed by atoms with Gasteiger partial charge < -0.3 is 15.3 Å². The highest BCUT2D eigenvalue weighted by molar-refractivity contribution is 5.73. The fraction of sp³-hybridized carbons (Fsp3) is 0.444. The number of hydrogen-bond acceptors (Lipinski definition) is 8. The van der Waals surface area contributed by atoms with Crippen LogP contribution in [-0.4, -0.2) is 59.1 Å². The summed E-state index contributed by atoms with van der Waals surface area (Å²) < 4.78 is 1.78. The van der Waals surface area contributed by atoms with Gasteiger partial charge in [0.1, 0.15) is 11.4 Å². The summed E-state index contributed by atoms with van der Waals surface area (Å²) in [4.78, 5) is 11.2. The Morgan fingerprint density at radius 2 is 1.75 bits per heavy atom. The van der Waals surface area contributed by atoms with E-state index in [1.807, 2.05) is 45.3 Å². The minimum Gasteiger partial charge on any atom is -0.507 e. The number of phenols is 1. The van der Waals surface area contributed by atoms with E-state index in [-0.39, 0.29) is 16.8 Å². The SMILES string of the molecule is Cc1cn2nc(-c3ccc(-c4cnc(N(C)C5CC(C)(C)NC(C)(C)C5)nn4)c(O)c3)cc(C)c2n1. The van der Waals surface area contributed by atoms with Gasteiger partial charge in [0.05, 0.1) is 23.8 Å². The van der Waals surface area contributed by atoms with Crippen LogP contribution in [0, 0.1) is 13.8 Å². The number of benzene rings is 1. The maximum atomic E-state index is 10.8. The van der Waals surface area contributed by atoms with Gasteiger partial charge in [0, 0.05) is 35.3 Å². The van der Waals surface area contributed by atoms with Crippen molar-refractivity contribution in [1.82, 2.24) is 35.1 Å². The van der Waals surface area contributed by atoms with Gasteiger partial charge in [0.2, 0.25) is 5.95 Å². The quantitative estimate of drug-likeness (QED) is 0.440. The van der Waals surface area contributed by atoms with Crippen LogP contribution in [0.15, 0.2) is 36.7 Å². The summed E-state index contributed by atoms with van der Waals surface area (Å²) in [6, 6.07) is 7.73. The van der Waals surface area contributed by atoms with Crippen LogP contribution in [0.5, 0.6) is 5.75 Å². The van der Waals surface area contributed by atoms with E-state index in [4.69, 9.17) is 0 Å². The number of anilines is 1. The van der Waals surface area contributed by atoms with Crippen LogP contribution in [0.2, 0.25) is 0 Å². The summed E-state index contributed by atoms with van der Waals surface area (Å²) >= 11 is 0. The second kappa shape index (κ2) is 8.51. The van der Waals surface area contributed by atoms with Gasteiger partial charge in [-0.3, -0.25) is 0 Å². The number of imidazole rings is 1. The van der Waals surface area contributed by atoms with E-state index < -0.39 is 0 Å². The number of nitrogens with zero attached hydrogens (tertiary/aromatic N) is 7. The van der Waals surface area contributed by atoms with Gasteiger partial charge >= 0.3 is 0 Å². The molecule has 1 saturated heterocycles. The van der Waals surface area contributed by atoms with Gasteiger partial charge in [-0.15, -0.1) is 10.2 Å². The predicted molar refractivity (Wildman–Crippen MR) is 141 cm³/mol. The summed E-state index contributed by atoms with van der Waals surface area (Å²) in [6.07, 6.45) is 5.54. The number of nitrogens with one attached hydrogen (secondary N) is 1. The largest absolute Gasteiger partial charge is 0.507 e. The molecule has 0 radical (unpaired) electrons. The van der Waals surface area contributed by atoms with Crippen LogP contribution < -0.4 is 10.2 Å². The topological polar surface area (TPSA) is 104 Å². The zero-order chi connectivity index (χ0) is 25.8. The Labute approximate surface area is 211 Å². The Bertz CT molecular complexity index is 1410. The number of aryl methyl sites for hydroxylation is 2. The average Bonchev–Trinajstić information content (AvgIpc) is 3.17. The Morgan fingerprint density at radius 1 is 1.03 bits per heavy atom. The first-order chi connectivity index (χ1) is 16.9. The van der Waals surface area contributed by atoms with E-state index >= 15 is 0 Å². The molecular weight excluding hydrogens is 452 g/mol. The molecule has 0 spiro atoms. The van der Waals surface area contributed by atoms with E-state index in [9.17, 15) is 5.11 Å². The number of piperidine rings is 1. The van der Waals surface area contributed by atoms with Crippen LogP contribution in [-0.2, 0) is 0 Å². The molecule has 0 saturated carbocycles. The number of fused-ring (bicyclic) bond motifs is 1. The Morgan fingerprint density at radius 3 is 2.39 bits per heavy atom. The van der Waals surface area contributed by atoms with Crippen LogP contribution in [0.25, 0.3) is 28.2 Å². The molecule has 3 aromatic heterocycles. The van der Waals surface area contributed by atoms with E-state index in [0.29, 0.717) is 23.2 Å². The van der Waals surface area contributed by atoms with Gasteiger partial charge in [-0.25, -0.2) is 14.5 Å². The highest BCUT2D eigenvalue weighted by Crippen LogP contribution is 2.34. The lowest BCUT2D eigenvalue weighted by Crippen LogP contribution is -2.62. The zero-order valence-corrected chi connectivity index (χ0v) is 22.0. The molecule has 0 amide bonds. The molecule has 5 rings (SSSR count). The van der Waals surface area contributed by atoms with Crippen molar-refractivity contribution in [2.24, 2.45) is 0 Å². The maximum absolute atomic E-state index is 10.8. The summed E-state index contributed by atoms with van der Waals surface area (Å²) in [6.45, 7) is 12.9. The van der Waals surface area contributed by atoms with Crippen molar-refractivity contribution < 1.29 is 5.11 Å². The van der Waals surface area contributed by atoms with Crippen molar-refractivity contribution in [3.63, 3.8) is 0 Å². The summed E-state index contributed by atoms with van der Waals surface area (Å²) in [5, 5.41) is 28.0.